The zero-order valence-electron chi connectivity index (χ0n) is 14.5. The number of aromatic nitrogens is 1. The molecule has 1 amide bonds. The molecule has 0 unspecified atom stereocenters. The molecule has 1 aromatic carbocycles. The van der Waals surface area contributed by atoms with Gasteiger partial charge in [-0.15, -0.1) is 22.7 Å². The van der Waals surface area contributed by atoms with Gasteiger partial charge in [-0.25, -0.2) is 4.98 Å². The molecular formula is C20H21N3OS2. The van der Waals surface area contributed by atoms with Crippen LogP contribution < -0.4 is 0 Å². The van der Waals surface area contributed by atoms with Crippen molar-refractivity contribution >= 4 is 28.6 Å². The second kappa shape index (κ2) is 8.12. The molecular weight excluding hydrogens is 362 g/mol. The fourth-order valence-corrected chi connectivity index (χ4v) is 4.66. The van der Waals surface area contributed by atoms with Crippen LogP contribution in [0, 0.1) is 0 Å². The summed E-state index contributed by atoms with van der Waals surface area (Å²) in [6, 6.07) is 14.3. The van der Waals surface area contributed by atoms with E-state index in [1.807, 2.05) is 40.6 Å². The Morgan fingerprint density at radius 3 is 2.54 bits per heavy atom. The van der Waals surface area contributed by atoms with E-state index in [0.29, 0.717) is 6.42 Å². The Bertz CT molecular complexity index is 837. The van der Waals surface area contributed by atoms with Crippen LogP contribution in [0.25, 0.3) is 10.6 Å². The number of hydrogen-bond donors (Lipinski definition) is 0. The third-order valence-corrected chi connectivity index (χ3v) is 6.41. The molecule has 2 aromatic heterocycles. The van der Waals surface area contributed by atoms with Gasteiger partial charge in [-0.2, -0.15) is 0 Å². The zero-order chi connectivity index (χ0) is 17.8. The van der Waals surface area contributed by atoms with Gasteiger partial charge in [0.05, 0.1) is 12.1 Å². The highest BCUT2D eigenvalue weighted by Gasteiger charge is 2.22. The summed E-state index contributed by atoms with van der Waals surface area (Å²) in [7, 11) is 0. The molecule has 0 radical (unpaired) electrons. The third-order valence-electron chi connectivity index (χ3n) is 4.59. The van der Waals surface area contributed by atoms with Crippen LogP contribution in [0.15, 0.2) is 53.2 Å². The lowest BCUT2D eigenvalue weighted by Crippen LogP contribution is -2.48. The van der Waals surface area contributed by atoms with Crippen LogP contribution in [-0.2, 0) is 17.8 Å². The van der Waals surface area contributed by atoms with Crippen LogP contribution in [0.2, 0.25) is 0 Å². The average Bonchev–Trinajstić information content (AvgIpc) is 3.35. The molecule has 3 aromatic rings. The van der Waals surface area contributed by atoms with Crippen molar-refractivity contribution in [2.45, 2.75) is 13.0 Å². The molecule has 0 spiro atoms. The fraction of sp³-hybridized carbons (Fsp3) is 0.300. The van der Waals surface area contributed by atoms with Gasteiger partial charge in [0.15, 0.2) is 0 Å². The summed E-state index contributed by atoms with van der Waals surface area (Å²) in [4.78, 5) is 22.7. The van der Waals surface area contributed by atoms with Gasteiger partial charge in [-0.05, 0) is 11.4 Å². The van der Waals surface area contributed by atoms with Crippen LogP contribution in [-0.4, -0.2) is 46.9 Å². The lowest BCUT2D eigenvalue weighted by atomic mass is 10.2. The molecule has 0 bridgehead atoms. The van der Waals surface area contributed by atoms with Gasteiger partial charge < -0.3 is 4.90 Å². The summed E-state index contributed by atoms with van der Waals surface area (Å²) in [5, 5.41) is 5.25. The Morgan fingerprint density at radius 2 is 1.81 bits per heavy atom. The highest BCUT2D eigenvalue weighted by Crippen LogP contribution is 2.24. The van der Waals surface area contributed by atoms with Crippen molar-refractivity contribution < 1.29 is 4.79 Å². The quantitative estimate of drug-likeness (QED) is 0.673. The molecule has 26 heavy (non-hydrogen) atoms. The maximum atomic E-state index is 12.4. The predicted molar refractivity (Wildman–Crippen MR) is 107 cm³/mol. The lowest BCUT2D eigenvalue weighted by molar-refractivity contribution is -0.132. The zero-order valence-corrected chi connectivity index (χ0v) is 16.1. The van der Waals surface area contributed by atoms with Crippen LogP contribution in [0.5, 0.6) is 0 Å². The second-order valence-corrected chi connectivity index (χ2v) is 8.31. The second-order valence-electron chi connectivity index (χ2n) is 6.42. The van der Waals surface area contributed by atoms with Crippen molar-refractivity contribution in [1.82, 2.24) is 14.8 Å². The van der Waals surface area contributed by atoms with Gasteiger partial charge in [-0.3, -0.25) is 9.69 Å². The minimum atomic E-state index is 0.243. The summed E-state index contributed by atoms with van der Waals surface area (Å²) in [6.45, 7) is 4.29. The Labute approximate surface area is 161 Å². The first kappa shape index (κ1) is 17.4. The van der Waals surface area contributed by atoms with E-state index in [4.69, 9.17) is 4.98 Å². The first-order valence-electron chi connectivity index (χ1n) is 8.80. The number of rotatable bonds is 5. The van der Waals surface area contributed by atoms with Crippen molar-refractivity contribution in [1.29, 1.82) is 0 Å². The lowest BCUT2D eigenvalue weighted by Gasteiger charge is -2.34. The SMILES string of the molecule is O=C(Cc1cccs1)N1CCN(Cc2csc(-c3ccccc3)n2)CC1. The summed E-state index contributed by atoms with van der Waals surface area (Å²) in [6.07, 6.45) is 0.532. The largest absolute Gasteiger partial charge is 0.340 e. The number of nitrogens with zero attached hydrogens (tertiary/aromatic N) is 3. The van der Waals surface area contributed by atoms with E-state index in [1.54, 1.807) is 22.7 Å². The van der Waals surface area contributed by atoms with Gasteiger partial charge in [0.2, 0.25) is 5.91 Å². The fourth-order valence-electron chi connectivity index (χ4n) is 3.15. The molecule has 4 rings (SSSR count). The van der Waals surface area contributed by atoms with Crippen LogP contribution >= 0.6 is 22.7 Å². The normalized spacial score (nSPS) is 15.3. The van der Waals surface area contributed by atoms with Gasteiger partial charge >= 0.3 is 0 Å². The molecule has 1 fully saturated rings. The Balaban J connectivity index is 1.29. The third kappa shape index (κ3) is 4.20. The monoisotopic (exact) mass is 383 g/mol. The van der Waals surface area contributed by atoms with Crippen LogP contribution in [0.3, 0.4) is 0 Å². The summed E-state index contributed by atoms with van der Waals surface area (Å²) in [5.41, 5.74) is 2.29. The molecule has 1 aliphatic rings. The minimum Gasteiger partial charge on any atom is -0.340 e. The maximum Gasteiger partial charge on any atom is 0.227 e. The van der Waals surface area contributed by atoms with Crippen molar-refractivity contribution in [2.75, 3.05) is 26.2 Å². The number of thiophene rings is 1. The number of piperazine rings is 1. The number of hydrogen-bond acceptors (Lipinski definition) is 5. The van der Waals surface area contributed by atoms with Gasteiger partial charge in [0.25, 0.3) is 0 Å². The topological polar surface area (TPSA) is 36.4 Å². The Morgan fingerprint density at radius 1 is 1.00 bits per heavy atom. The Kier molecular flexibility index (Phi) is 5.43. The molecule has 134 valence electrons. The maximum absolute atomic E-state index is 12.4. The van der Waals surface area contributed by atoms with Crippen molar-refractivity contribution in [3.8, 4) is 10.6 Å². The summed E-state index contributed by atoms with van der Waals surface area (Å²) < 4.78 is 0. The molecule has 0 saturated carbocycles. The minimum absolute atomic E-state index is 0.243. The molecule has 0 atom stereocenters. The first-order valence-corrected chi connectivity index (χ1v) is 10.6. The van der Waals surface area contributed by atoms with E-state index < -0.39 is 0 Å². The summed E-state index contributed by atoms with van der Waals surface area (Å²) in [5.74, 6) is 0.243. The summed E-state index contributed by atoms with van der Waals surface area (Å²) >= 11 is 3.35. The van der Waals surface area contributed by atoms with Gasteiger partial charge in [-0.1, -0.05) is 36.4 Å². The van der Waals surface area contributed by atoms with Crippen LogP contribution in [0.1, 0.15) is 10.6 Å². The van der Waals surface area contributed by atoms with Crippen LogP contribution in [0.4, 0.5) is 0 Å². The molecule has 1 aliphatic heterocycles. The number of amides is 1. The number of carbonyl (C=O) groups excluding carboxylic acids is 1. The molecule has 4 nitrogen and oxygen atoms in total. The first-order chi connectivity index (χ1) is 12.8. The average molecular weight is 384 g/mol. The highest BCUT2D eigenvalue weighted by atomic mass is 32.1. The van der Waals surface area contributed by atoms with Gasteiger partial charge in [0.1, 0.15) is 5.01 Å². The van der Waals surface area contributed by atoms with E-state index in [-0.39, 0.29) is 5.91 Å². The smallest absolute Gasteiger partial charge is 0.227 e. The number of thiazole rings is 1. The van der Waals surface area contributed by atoms with Crippen molar-refractivity contribution in [3.05, 3.63) is 63.8 Å². The van der Waals surface area contributed by atoms with Gasteiger partial charge in [0, 0.05) is 48.5 Å². The van der Waals surface area contributed by atoms with E-state index in [9.17, 15) is 4.79 Å². The predicted octanol–water partition coefficient (Wildman–Crippen LogP) is 3.76. The molecule has 0 aliphatic carbocycles. The van der Waals surface area contributed by atoms with E-state index in [1.165, 1.54) is 5.56 Å². The van der Waals surface area contributed by atoms with E-state index in [0.717, 1.165) is 48.3 Å². The van der Waals surface area contributed by atoms with E-state index >= 15 is 0 Å². The number of benzene rings is 1. The number of carbonyl (C=O) groups is 1. The van der Waals surface area contributed by atoms with E-state index in [2.05, 4.69) is 22.4 Å². The molecule has 6 heteroatoms. The molecule has 0 N–H and O–H groups in total. The standard InChI is InChI=1S/C20H21N3OS2/c24-19(13-18-7-4-12-25-18)23-10-8-22(9-11-23)14-17-15-26-20(21-17)16-5-2-1-3-6-16/h1-7,12,15H,8-11,13-14H2. The van der Waals surface area contributed by atoms with Crippen molar-refractivity contribution in [2.24, 2.45) is 0 Å². The molecule has 3 heterocycles. The highest BCUT2D eigenvalue weighted by molar-refractivity contribution is 7.13. The Hall–Kier alpha value is -2.02. The molecule has 1 saturated heterocycles. The van der Waals surface area contributed by atoms with Crippen molar-refractivity contribution in [3.63, 3.8) is 0 Å².